The highest BCUT2D eigenvalue weighted by Gasteiger charge is 2.20. The first-order chi connectivity index (χ1) is 9.42. The highest BCUT2D eigenvalue weighted by atomic mass is 35.5. The van der Waals surface area contributed by atoms with E-state index in [2.05, 4.69) is 15.0 Å². The average molecular weight is 316 g/mol. The van der Waals surface area contributed by atoms with Gasteiger partial charge in [0.05, 0.1) is 11.4 Å². The number of hydrogen-bond donors (Lipinski definition) is 2. The van der Waals surface area contributed by atoms with Gasteiger partial charge in [0.1, 0.15) is 5.82 Å². The van der Waals surface area contributed by atoms with Crippen LogP contribution in [0.2, 0.25) is 5.02 Å². The summed E-state index contributed by atoms with van der Waals surface area (Å²) in [5.74, 6) is -0.634. The Morgan fingerprint density at radius 1 is 1.30 bits per heavy atom. The zero-order valence-electron chi connectivity index (χ0n) is 10.4. The van der Waals surface area contributed by atoms with Gasteiger partial charge < -0.3 is 5.32 Å². The van der Waals surface area contributed by atoms with E-state index in [9.17, 15) is 12.8 Å². The number of sulfonamides is 1. The van der Waals surface area contributed by atoms with E-state index in [1.165, 1.54) is 12.3 Å². The molecule has 0 amide bonds. The molecule has 1 aromatic carbocycles. The van der Waals surface area contributed by atoms with Gasteiger partial charge in [0.25, 0.3) is 10.0 Å². The second-order valence-electron chi connectivity index (χ2n) is 3.87. The van der Waals surface area contributed by atoms with Crippen LogP contribution in [0.5, 0.6) is 0 Å². The molecule has 0 bridgehead atoms. The molecule has 0 unspecified atom stereocenters. The molecular weight excluding hydrogens is 305 g/mol. The van der Waals surface area contributed by atoms with Crippen molar-refractivity contribution in [3.05, 3.63) is 47.4 Å². The number of hydrogen-bond acceptors (Lipinski definition) is 4. The first-order valence-corrected chi connectivity index (χ1v) is 7.40. The molecule has 2 N–H and O–H groups in total. The minimum Gasteiger partial charge on any atom is -0.386 e. The Morgan fingerprint density at radius 3 is 2.70 bits per heavy atom. The Labute approximate surface area is 120 Å². The molecule has 0 saturated heterocycles. The fourth-order valence-electron chi connectivity index (χ4n) is 1.61. The van der Waals surface area contributed by atoms with Gasteiger partial charge in [-0.2, -0.15) is 8.42 Å². The number of pyridine rings is 1. The van der Waals surface area contributed by atoms with Crippen molar-refractivity contribution in [2.45, 2.75) is 5.03 Å². The van der Waals surface area contributed by atoms with Crippen molar-refractivity contribution in [2.24, 2.45) is 0 Å². The Kier molecular flexibility index (Phi) is 4.10. The van der Waals surface area contributed by atoms with E-state index < -0.39 is 15.8 Å². The van der Waals surface area contributed by atoms with Crippen LogP contribution in [0.1, 0.15) is 0 Å². The molecular formula is C12H11ClFN3O2S. The lowest BCUT2D eigenvalue weighted by Gasteiger charge is -2.11. The van der Waals surface area contributed by atoms with Gasteiger partial charge in [-0.05, 0) is 30.3 Å². The molecule has 2 rings (SSSR count). The average Bonchev–Trinajstić information content (AvgIpc) is 2.36. The van der Waals surface area contributed by atoms with Crippen LogP contribution >= 0.6 is 11.6 Å². The van der Waals surface area contributed by atoms with E-state index in [4.69, 9.17) is 11.6 Å². The predicted molar refractivity (Wildman–Crippen MR) is 76.0 cm³/mol. The third-order valence-electron chi connectivity index (χ3n) is 2.41. The number of rotatable bonds is 4. The Hall–Kier alpha value is -1.86. The molecule has 1 aromatic heterocycles. The van der Waals surface area contributed by atoms with Crippen LogP contribution in [0.25, 0.3) is 0 Å². The molecule has 0 spiro atoms. The van der Waals surface area contributed by atoms with Gasteiger partial charge >= 0.3 is 0 Å². The summed E-state index contributed by atoms with van der Waals surface area (Å²) < 4.78 is 39.9. The number of aromatic nitrogens is 1. The molecule has 20 heavy (non-hydrogen) atoms. The lowest BCUT2D eigenvalue weighted by atomic mass is 10.3. The van der Waals surface area contributed by atoms with Crippen LogP contribution in [0.3, 0.4) is 0 Å². The predicted octanol–water partition coefficient (Wildman–Crippen LogP) is 2.72. The zero-order valence-corrected chi connectivity index (χ0v) is 12.0. The minimum atomic E-state index is -3.94. The summed E-state index contributed by atoms with van der Waals surface area (Å²) in [7, 11) is -2.36. The van der Waals surface area contributed by atoms with E-state index in [-0.39, 0.29) is 15.7 Å². The summed E-state index contributed by atoms with van der Waals surface area (Å²) in [4.78, 5) is 3.82. The summed E-state index contributed by atoms with van der Waals surface area (Å²) in [6.07, 6.45) is 1.36. The molecule has 0 radical (unpaired) electrons. The maximum absolute atomic E-state index is 13.2. The monoisotopic (exact) mass is 315 g/mol. The van der Waals surface area contributed by atoms with Crippen molar-refractivity contribution < 1.29 is 12.8 Å². The smallest absolute Gasteiger partial charge is 0.281 e. The Balaban J connectivity index is 2.41. The lowest BCUT2D eigenvalue weighted by Crippen LogP contribution is -2.16. The first kappa shape index (κ1) is 14.5. The molecule has 0 aliphatic rings. The molecule has 5 nitrogen and oxygen atoms in total. The fourth-order valence-corrected chi connectivity index (χ4v) is 3.02. The summed E-state index contributed by atoms with van der Waals surface area (Å²) in [6.45, 7) is 0. The van der Waals surface area contributed by atoms with Gasteiger partial charge in [0, 0.05) is 18.3 Å². The maximum atomic E-state index is 13.2. The van der Waals surface area contributed by atoms with E-state index in [1.807, 2.05) is 0 Å². The highest BCUT2D eigenvalue weighted by Crippen LogP contribution is 2.23. The maximum Gasteiger partial charge on any atom is 0.281 e. The SMILES string of the molecule is CNc1cccnc1S(=O)(=O)Nc1cc(F)cc(Cl)c1. The van der Waals surface area contributed by atoms with Crippen LogP contribution in [-0.4, -0.2) is 20.4 Å². The van der Waals surface area contributed by atoms with Crippen molar-refractivity contribution in [3.63, 3.8) is 0 Å². The third-order valence-corrected chi connectivity index (χ3v) is 3.97. The molecule has 1 heterocycles. The van der Waals surface area contributed by atoms with Crippen LogP contribution in [0, 0.1) is 5.82 Å². The summed E-state index contributed by atoms with van der Waals surface area (Å²) >= 11 is 5.68. The fraction of sp³-hybridized carbons (Fsp3) is 0.0833. The molecule has 0 aliphatic heterocycles. The summed E-state index contributed by atoms with van der Waals surface area (Å²) in [5.41, 5.74) is 0.366. The topological polar surface area (TPSA) is 71.1 Å². The van der Waals surface area contributed by atoms with Crippen LogP contribution < -0.4 is 10.0 Å². The van der Waals surface area contributed by atoms with Crippen molar-refractivity contribution in [1.82, 2.24) is 4.98 Å². The van der Waals surface area contributed by atoms with Crippen molar-refractivity contribution in [1.29, 1.82) is 0 Å². The standard InChI is InChI=1S/C12H11ClFN3O2S/c1-15-11-3-2-4-16-12(11)20(18,19)17-10-6-8(13)5-9(14)7-10/h2-7,15,17H,1H3. The van der Waals surface area contributed by atoms with E-state index in [0.29, 0.717) is 5.69 Å². The molecule has 2 aromatic rings. The second kappa shape index (κ2) is 5.64. The molecule has 0 fully saturated rings. The third kappa shape index (κ3) is 3.17. The molecule has 106 valence electrons. The number of nitrogens with one attached hydrogen (secondary N) is 2. The van der Waals surface area contributed by atoms with Gasteiger partial charge in [0.2, 0.25) is 0 Å². The zero-order chi connectivity index (χ0) is 14.8. The number of benzene rings is 1. The quantitative estimate of drug-likeness (QED) is 0.910. The van der Waals surface area contributed by atoms with Crippen molar-refractivity contribution in [2.75, 3.05) is 17.1 Å². The van der Waals surface area contributed by atoms with E-state index in [0.717, 1.165) is 12.1 Å². The molecule has 0 atom stereocenters. The normalized spacial score (nSPS) is 11.2. The van der Waals surface area contributed by atoms with Crippen molar-refractivity contribution in [3.8, 4) is 0 Å². The second-order valence-corrected chi connectivity index (χ2v) is 5.90. The largest absolute Gasteiger partial charge is 0.386 e. The first-order valence-electron chi connectivity index (χ1n) is 5.54. The summed E-state index contributed by atoms with van der Waals surface area (Å²) in [5, 5.41) is 2.65. The van der Waals surface area contributed by atoms with Crippen LogP contribution in [-0.2, 0) is 10.0 Å². The van der Waals surface area contributed by atoms with Gasteiger partial charge in [-0.1, -0.05) is 11.6 Å². The molecule has 0 aliphatic carbocycles. The number of anilines is 2. The number of nitrogens with zero attached hydrogens (tertiary/aromatic N) is 1. The lowest BCUT2D eigenvalue weighted by molar-refractivity contribution is 0.598. The molecule has 8 heteroatoms. The highest BCUT2D eigenvalue weighted by molar-refractivity contribution is 7.92. The minimum absolute atomic E-state index is 0.0303. The number of halogens is 2. The van der Waals surface area contributed by atoms with Crippen LogP contribution in [0.4, 0.5) is 15.8 Å². The van der Waals surface area contributed by atoms with Crippen molar-refractivity contribution >= 4 is 33.0 Å². The van der Waals surface area contributed by atoms with Gasteiger partial charge in [-0.25, -0.2) is 9.37 Å². The Morgan fingerprint density at radius 2 is 2.05 bits per heavy atom. The van der Waals surface area contributed by atoms with Crippen LogP contribution in [0.15, 0.2) is 41.6 Å². The van der Waals surface area contributed by atoms with Gasteiger partial charge in [-0.3, -0.25) is 4.72 Å². The van der Waals surface area contributed by atoms with Gasteiger partial charge in [-0.15, -0.1) is 0 Å². The van der Waals surface area contributed by atoms with Gasteiger partial charge in [0.15, 0.2) is 5.03 Å². The summed E-state index contributed by atoms with van der Waals surface area (Å²) in [6, 6.07) is 6.60. The van der Waals surface area contributed by atoms with E-state index >= 15 is 0 Å². The molecule has 0 saturated carbocycles. The Bertz CT molecular complexity index is 717. The van der Waals surface area contributed by atoms with E-state index in [1.54, 1.807) is 19.2 Å².